The minimum Gasteiger partial charge on any atom is -0.466 e. The van der Waals surface area contributed by atoms with Gasteiger partial charge in [-0.3, -0.25) is 14.5 Å². The highest BCUT2D eigenvalue weighted by atomic mass is 16.5. The third-order valence-corrected chi connectivity index (χ3v) is 4.38. The minimum atomic E-state index is -0.201. The van der Waals surface area contributed by atoms with Crippen LogP contribution < -0.4 is 5.32 Å². The number of ether oxygens (including phenoxy) is 1. The van der Waals surface area contributed by atoms with E-state index in [0.29, 0.717) is 38.0 Å². The van der Waals surface area contributed by atoms with Gasteiger partial charge in [0, 0.05) is 18.8 Å². The first-order valence-corrected chi connectivity index (χ1v) is 9.25. The number of benzene rings is 1. The maximum absolute atomic E-state index is 12.3. The second-order valence-electron chi connectivity index (χ2n) is 7.06. The van der Waals surface area contributed by atoms with Crippen LogP contribution in [0.4, 0.5) is 5.69 Å². The zero-order valence-corrected chi connectivity index (χ0v) is 15.6. The smallest absolute Gasteiger partial charge is 0.307 e. The van der Waals surface area contributed by atoms with Crippen LogP contribution in [-0.2, 0) is 14.3 Å². The van der Waals surface area contributed by atoms with E-state index in [-0.39, 0.29) is 11.9 Å². The highest BCUT2D eigenvalue weighted by Crippen LogP contribution is 2.29. The highest BCUT2D eigenvalue weighted by molar-refractivity contribution is 5.92. The van der Waals surface area contributed by atoms with E-state index in [4.69, 9.17) is 4.74 Å². The zero-order valence-electron chi connectivity index (χ0n) is 15.6. The van der Waals surface area contributed by atoms with Gasteiger partial charge in [-0.2, -0.15) is 0 Å². The third kappa shape index (κ3) is 7.26. The number of carbonyl (C=O) groups is 2. The average molecular weight is 346 g/mol. The highest BCUT2D eigenvalue weighted by Gasteiger charge is 2.25. The molecule has 0 radical (unpaired) electrons. The van der Waals surface area contributed by atoms with Gasteiger partial charge in [0.15, 0.2) is 0 Å². The molecule has 0 atom stereocenters. The Hall–Kier alpha value is -1.88. The Labute approximate surface area is 150 Å². The number of nitrogens with one attached hydrogen (secondary N) is 1. The lowest BCUT2D eigenvalue weighted by molar-refractivity contribution is -0.143. The third-order valence-electron chi connectivity index (χ3n) is 4.38. The van der Waals surface area contributed by atoms with Crippen LogP contribution in [0, 0.1) is 5.92 Å². The summed E-state index contributed by atoms with van der Waals surface area (Å²) < 4.78 is 4.98. The molecule has 1 N–H and O–H groups in total. The van der Waals surface area contributed by atoms with Gasteiger partial charge < -0.3 is 10.1 Å². The van der Waals surface area contributed by atoms with Crippen LogP contribution in [0.3, 0.4) is 0 Å². The fraction of sp³-hybridized carbons (Fsp3) is 0.600. The van der Waals surface area contributed by atoms with Crippen LogP contribution in [0.25, 0.3) is 0 Å². The van der Waals surface area contributed by atoms with Crippen LogP contribution in [0.2, 0.25) is 0 Å². The van der Waals surface area contributed by atoms with Crippen LogP contribution in [0.1, 0.15) is 51.5 Å². The van der Waals surface area contributed by atoms with E-state index in [2.05, 4.69) is 24.1 Å². The van der Waals surface area contributed by atoms with Crippen molar-refractivity contribution >= 4 is 17.6 Å². The molecule has 1 amide bonds. The summed E-state index contributed by atoms with van der Waals surface area (Å²) in [7, 11) is 0. The number of hydrogen-bond donors (Lipinski definition) is 1. The first-order chi connectivity index (χ1) is 12.0. The van der Waals surface area contributed by atoms with E-state index in [0.717, 1.165) is 12.2 Å². The largest absolute Gasteiger partial charge is 0.466 e. The first-order valence-electron chi connectivity index (χ1n) is 9.25. The minimum absolute atomic E-state index is 0.0400. The van der Waals surface area contributed by atoms with Gasteiger partial charge in [-0.1, -0.05) is 26.0 Å². The van der Waals surface area contributed by atoms with E-state index < -0.39 is 0 Å². The summed E-state index contributed by atoms with van der Waals surface area (Å²) in [5, 5.41) is 2.95. The van der Waals surface area contributed by atoms with E-state index in [1.165, 1.54) is 18.4 Å². The van der Waals surface area contributed by atoms with Gasteiger partial charge in [0.1, 0.15) is 0 Å². The number of amides is 1. The summed E-state index contributed by atoms with van der Waals surface area (Å²) in [6, 6.07) is 7.97. The molecule has 2 rings (SSSR count). The molecule has 0 heterocycles. The molecular formula is C20H30N2O3. The van der Waals surface area contributed by atoms with Crippen LogP contribution in [0.5, 0.6) is 0 Å². The van der Waals surface area contributed by atoms with Crippen molar-refractivity contribution in [2.24, 2.45) is 5.92 Å². The molecule has 1 aromatic rings. The number of hydrogen-bond acceptors (Lipinski definition) is 4. The lowest BCUT2D eigenvalue weighted by atomic mass is 10.0. The Morgan fingerprint density at radius 1 is 1.24 bits per heavy atom. The van der Waals surface area contributed by atoms with Crippen molar-refractivity contribution in [3.05, 3.63) is 29.8 Å². The maximum Gasteiger partial charge on any atom is 0.307 e. The molecule has 5 heteroatoms. The van der Waals surface area contributed by atoms with Crippen molar-refractivity contribution in [3.63, 3.8) is 0 Å². The Morgan fingerprint density at radius 2 is 1.92 bits per heavy atom. The monoisotopic (exact) mass is 346 g/mol. The van der Waals surface area contributed by atoms with E-state index in [1.54, 1.807) is 6.92 Å². The van der Waals surface area contributed by atoms with Gasteiger partial charge in [-0.15, -0.1) is 0 Å². The standard InChI is InChI=1S/C20H30N2O3/c1-4-25-20(24)11-12-22(13-16-5-6-16)14-19(23)21-18-9-7-17(8-10-18)15(2)3/h7-10,15-16H,4-6,11-14H2,1-3H3,(H,21,23). The lowest BCUT2D eigenvalue weighted by Crippen LogP contribution is -2.36. The molecular weight excluding hydrogens is 316 g/mol. The van der Waals surface area contributed by atoms with Gasteiger partial charge >= 0.3 is 5.97 Å². The molecule has 0 saturated heterocycles. The molecule has 138 valence electrons. The molecule has 0 aromatic heterocycles. The van der Waals surface area contributed by atoms with Gasteiger partial charge in [-0.05, 0) is 49.3 Å². The summed E-state index contributed by atoms with van der Waals surface area (Å²) >= 11 is 0. The number of rotatable bonds is 10. The van der Waals surface area contributed by atoms with Gasteiger partial charge in [0.2, 0.25) is 5.91 Å². The fourth-order valence-electron chi connectivity index (χ4n) is 2.74. The Kier molecular flexibility index (Phi) is 7.44. The van der Waals surface area contributed by atoms with Crippen molar-refractivity contribution in [3.8, 4) is 0 Å². The Morgan fingerprint density at radius 3 is 2.48 bits per heavy atom. The SMILES string of the molecule is CCOC(=O)CCN(CC(=O)Nc1ccc(C(C)C)cc1)CC1CC1. The van der Waals surface area contributed by atoms with Crippen molar-refractivity contribution in [1.29, 1.82) is 0 Å². The second-order valence-corrected chi connectivity index (χ2v) is 7.06. The average Bonchev–Trinajstić information content (AvgIpc) is 3.37. The number of anilines is 1. The van der Waals surface area contributed by atoms with Crippen LogP contribution in [-0.4, -0.2) is 43.0 Å². The molecule has 5 nitrogen and oxygen atoms in total. The number of carbonyl (C=O) groups excluding carboxylic acids is 2. The fourth-order valence-corrected chi connectivity index (χ4v) is 2.74. The second kappa shape index (κ2) is 9.56. The van der Waals surface area contributed by atoms with E-state index in [9.17, 15) is 9.59 Å². The predicted molar refractivity (Wildman–Crippen MR) is 99.6 cm³/mol. The molecule has 1 aliphatic rings. The van der Waals surface area contributed by atoms with Crippen molar-refractivity contribution in [1.82, 2.24) is 4.90 Å². The Balaban J connectivity index is 1.83. The molecule has 1 aliphatic carbocycles. The maximum atomic E-state index is 12.3. The van der Waals surface area contributed by atoms with E-state index in [1.807, 2.05) is 24.3 Å². The van der Waals surface area contributed by atoms with Gasteiger partial charge in [-0.25, -0.2) is 0 Å². The van der Waals surface area contributed by atoms with Crippen molar-refractivity contribution < 1.29 is 14.3 Å². The zero-order chi connectivity index (χ0) is 18.2. The summed E-state index contributed by atoms with van der Waals surface area (Å²) in [5.74, 6) is 0.900. The summed E-state index contributed by atoms with van der Waals surface area (Å²) in [6.45, 7) is 8.24. The number of esters is 1. The molecule has 25 heavy (non-hydrogen) atoms. The number of nitrogens with zero attached hydrogens (tertiary/aromatic N) is 1. The van der Waals surface area contributed by atoms with Gasteiger partial charge in [0.05, 0.1) is 19.6 Å². The first kappa shape index (κ1) is 19.4. The molecule has 0 spiro atoms. The van der Waals surface area contributed by atoms with Crippen molar-refractivity contribution in [2.45, 2.75) is 46.0 Å². The summed E-state index contributed by atoms with van der Waals surface area (Å²) in [6.07, 6.45) is 2.76. The predicted octanol–water partition coefficient (Wildman–Crippen LogP) is 3.41. The summed E-state index contributed by atoms with van der Waals surface area (Å²) in [4.78, 5) is 26.0. The molecule has 1 saturated carbocycles. The normalized spacial score (nSPS) is 14.0. The molecule has 1 fully saturated rings. The van der Waals surface area contributed by atoms with E-state index >= 15 is 0 Å². The lowest BCUT2D eigenvalue weighted by Gasteiger charge is -2.21. The van der Waals surface area contributed by atoms with Gasteiger partial charge in [0.25, 0.3) is 0 Å². The van der Waals surface area contributed by atoms with Crippen LogP contribution in [0.15, 0.2) is 24.3 Å². The topological polar surface area (TPSA) is 58.6 Å². The van der Waals surface area contributed by atoms with Crippen molar-refractivity contribution in [2.75, 3.05) is 31.6 Å². The molecule has 0 aliphatic heterocycles. The Bertz CT molecular complexity index is 565. The summed E-state index contributed by atoms with van der Waals surface area (Å²) in [5.41, 5.74) is 2.06. The molecule has 0 unspecified atom stereocenters. The quantitative estimate of drug-likeness (QED) is 0.660. The molecule has 0 bridgehead atoms. The molecule has 1 aromatic carbocycles. The van der Waals surface area contributed by atoms with Crippen LogP contribution >= 0.6 is 0 Å².